The quantitative estimate of drug-likeness (QED) is 0.179. The standard InChI is InChI=1S/C37H33NO2/c1-28-7-19-33(20-8-28)38(34-21-13-29(14-22-34)9-10-31-17-25-36(39-2)26-18-31)35-23-15-30(16-24-35)11-12-32-5-4-6-37(27-32)40-3/h4-27H,1-3H3. The first-order chi connectivity index (χ1) is 19.6. The van der Waals surface area contributed by atoms with Crippen molar-refractivity contribution in [3.8, 4) is 11.5 Å². The molecule has 3 nitrogen and oxygen atoms in total. The van der Waals surface area contributed by atoms with Crippen LogP contribution in [0.5, 0.6) is 11.5 Å². The number of hydrogen-bond donors (Lipinski definition) is 0. The van der Waals surface area contributed by atoms with Crippen LogP contribution in [0, 0.1) is 6.92 Å². The fraction of sp³-hybridized carbons (Fsp3) is 0.0811. The van der Waals surface area contributed by atoms with Gasteiger partial charge in [-0.05, 0) is 89.8 Å². The number of aryl methyl sites for hydroxylation is 1. The molecule has 3 heteroatoms. The molecule has 0 unspecified atom stereocenters. The molecular formula is C37H33NO2. The maximum absolute atomic E-state index is 5.34. The molecule has 198 valence electrons. The Morgan fingerprint density at radius 2 is 0.875 bits per heavy atom. The van der Waals surface area contributed by atoms with Crippen LogP contribution < -0.4 is 14.4 Å². The van der Waals surface area contributed by atoms with Crippen molar-refractivity contribution < 1.29 is 9.47 Å². The van der Waals surface area contributed by atoms with Gasteiger partial charge in [-0.25, -0.2) is 0 Å². The number of anilines is 3. The number of rotatable bonds is 9. The minimum absolute atomic E-state index is 0.855. The summed E-state index contributed by atoms with van der Waals surface area (Å²) in [7, 11) is 3.37. The molecule has 0 aliphatic carbocycles. The summed E-state index contributed by atoms with van der Waals surface area (Å²) in [5.74, 6) is 1.71. The van der Waals surface area contributed by atoms with E-state index in [0.29, 0.717) is 0 Å². The van der Waals surface area contributed by atoms with Gasteiger partial charge < -0.3 is 14.4 Å². The summed E-state index contributed by atoms with van der Waals surface area (Å²) >= 11 is 0. The highest BCUT2D eigenvalue weighted by atomic mass is 16.5. The van der Waals surface area contributed by atoms with E-state index in [1.54, 1.807) is 14.2 Å². The highest BCUT2D eigenvalue weighted by molar-refractivity contribution is 5.79. The molecule has 0 saturated carbocycles. The minimum Gasteiger partial charge on any atom is -0.497 e. The zero-order valence-corrected chi connectivity index (χ0v) is 23.1. The summed E-state index contributed by atoms with van der Waals surface area (Å²) in [5, 5.41) is 0. The number of nitrogens with zero attached hydrogens (tertiary/aromatic N) is 1. The third-order valence-corrected chi connectivity index (χ3v) is 6.74. The van der Waals surface area contributed by atoms with Gasteiger partial charge in [-0.1, -0.05) is 90.5 Å². The van der Waals surface area contributed by atoms with Crippen LogP contribution in [0.15, 0.2) is 121 Å². The van der Waals surface area contributed by atoms with Crippen molar-refractivity contribution in [2.45, 2.75) is 6.92 Å². The fourth-order valence-corrected chi connectivity index (χ4v) is 4.46. The van der Waals surface area contributed by atoms with Crippen LogP contribution in [0.1, 0.15) is 27.8 Å². The van der Waals surface area contributed by atoms with Crippen molar-refractivity contribution in [3.63, 3.8) is 0 Å². The molecule has 0 heterocycles. The van der Waals surface area contributed by atoms with Gasteiger partial charge in [0.2, 0.25) is 0 Å². The molecule has 0 bridgehead atoms. The second-order valence-electron chi connectivity index (χ2n) is 9.57. The predicted molar refractivity (Wildman–Crippen MR) is 170 cm³/mol. The van der Waals surface area contributed by atoms with Gasteiger partial charge in [0.1, 0.15) is 11.5 Å². The van der Waals surface area contributed by atoms with Gasteiger partial charge in [0.05, 0.1) is 14.2 Å². The van der Waals surface area contributed by atoms with E-state index in [0.717, 1.165) is 50.8 Å². The zero-order chi connectivity index (χ0) is 27.7. The van der Waals surface area contributed by atoms with Gasteiger partial charge in [-0.2, -0.15) is 0 Å². The summed E-state index contributed by atoms with van der Waals surface area (Å²) in [5.41, 5.74) is 9.06. The highest BCUT2D eigenvalue weighted by Gasteiger charge is 2.12. The van der Waals surface area contributed by atoms with E-state index in [2.05, 4.69) is 127 Å². The largest absolute Gasteiger partial charge is 0.497 e. The van der Waals surface area contributed by atoms with Crippen molar-refractivity contribution in [1.82, 2.24) is 0 Å². The van der Waals surface area contributed by atoms with E-state index < -0.39 is 0 Å². The van der Waals surface area contributed by atoms with Crippen molar-refractivity contribution >= 4 is 41.4 Å². The molecule has 0 amide bonds. The maximum Gasteiger partial charge on any atom is 0.119 e. The molecule has 0 radical (unpaired) electrons. The van der Waals surface area contributed by atoms with Crippen LogP contribution in [0.4, 0.5) is 17.1 Å². The van der Waals surface area contributed by atoms with E-state index in [4.69, 9.17) is 9.47 Å². The van der Waals surface area contributed by atoms with Crippen LogP contribution in [-0.4, -0.2) is 14.2 Å². The summed E-state index contributed by atoms with van der Waals surface area (Å²) < 4.78 is 10.6. The zero-order valence-electron chi connectivity index (χ0n) is 23.1. The predicted octanol–water partition coefficient (Wildman–Crippen LogP) is 9.82. The third kappa shape index (κ3) is 6.69. The smallest absolute Gasteiger partial charge is 0.119 e. The number of methoxy groups -OCH3 is 2. The lowest BCUT2D eigenvalue weighted by Crippen LogP contribution is -2.09. The molecule has 0 aromatic heterocycles. The molecule has 0 atom stereocenters. The van der Waals surface area contributed by atoms with Gasteiger partial charge >= 0.3 is 0 Å². The molecule has 0 N–H and O–H groups in total. The first-order valence-corrected chi connectivity index (χ1v) is 13.3. The molecule has 0 fully saturated rings. The monoisotopic (exact) mass is 523 g/mol. The summed E-state index contributed by atoms with van der Waals surface area (Å²) in [6, 6.07) is 42.0. The van der Waals surface area contributed by atoms with Crippen LogP contribution >= 0.6 is 0 Å². The van der Waals surface area contributed by atoms with Crippen LogP contribution in [0.25, 0.3) is 24.3 Å². The van der Waals surface area contributed by atoms with Crippen molar-refractivity contribution in [2.75, 3.05) is 19.1 Å². The Morgan fingerprint density at radius 3 is 1.35 bits per heavy atom. The number of hydrogen-bond acceptors (Lipinski definition) is 3. The Bertz CT molecular complexity index is 1580. The van der Waals surface area contributed by atoms with Crippen molar-refractivity contribution in [2.24, 2.45) is 0 Å². The second-order valence-corrected chi connectivity index (χ2v) is 9.57. The Morgan fingerprint density at radius 1 is 0.450 bits per heavy atom. The molecule has 0 aliphatic heterocycles. The summed E-state index contributed by atoms with van der Waals surface area (Å²) in [6.45, 7) is 2.11. The van der Waals surface area contributed by atoms with E-state index in [-0.39, 0.29) is 0 Å². The summed E-state index contributed by atoms with van der Waals surface area (Å²) in [4.78, 5) is 2.28. The highest BCUT2D eigenvalue weighted by Crippen LogP contribution is 2.35. The second kappa shape index (κ2) is 12.7. The lowest BCUT2D eigenvalue weighted by molar-refractivity contribution is 0.414. The lowest BCUT2D eigenvalue weighted by atomic mass is 10.1. The minimum atomic E-state index is 0.855. The molecule has 5 aromatic rings. The van der Waals surface area contributed by atoms with E-state index in [1.165, 1.54) is 5.56 Å². The first kappa shape index (κ1) is 26.6. The number of benzene rings is 5. The number of ether oxygens (including phenoxy) is 2. The van der Waals surface area contributed by atoms with Gasteiger partial charge in [0, 0.05) is 17.1 Å². The van der Waals surface area contributed by atoms with Gasteiger partial charge in [0.25, 0.3) is 0 Å². The fourth-order valence-electron chi connectivity index (χ4n) is 4.46. The van der Waals surface area contributed by atoms with Crippen molar-refractivity contribution in [1.29, 1.82) is 0 Å². The molecule has 5 rings (SSSR count). The topological polar surface area (TPSA) is 21.7 Å². The van der Waals surface area contributed by atoms with Gasteiger partial charge in [-0.15, -0.1) is 0 Å². The third-order valence-electron chi connectivity index (χ3n) is 6.74. The Balaban J connectivity index is 1.38. The summed E-state index contributed by atoms with van der Waals surface area (Å²) in [6.07, 6.45) is 8.47. The van der Waals surface area contributed by atoms with E-state index in [1.807, 2.05) is 30.3 Å². The van der Waals surface area contributed by atoms with Crippen molar-refractivity contribution in [3.05, 3.63) is 149 Å². The maximum atomic E-state index is 5.34. The molecule has 0 saturated heterocycles. The molecule has 0 aliphatic rings. The average Bonchev–Trinajstić information content (AvgIpc) is 3.01. The Kier molecular flexibility index (Phi) is 8.43. The lowest BCUT2D eigenvalue weighted by Gasteiger charge is -2.26. The average molecular weight is 524 g/mol. The van der Waals surface area contributed by atoms with Crippen LogP contribution in [0.2, 0.25) is 0 Å². The molecule has 5 aromatic carbocycles. The van der Waals surface area contributed by atoms with Crippen LogP contribution in [0.3, 0.4) is 0 Å². The Hall–Kier alpha value is -5.02. The van der Waals surface area contributed by atoms with Crippen LogP contribution in [-0.2, 0) is 0 Å². The molecular weight excluding hydrogens is 490 g/mol. The molecule has 0 spiro atoms. The normalized spacial score (nSPS) is 11.2. The van der Waals surface area contributed by atoms with Gasteiger partial charge in [0.15, 0.2) is 0 Å². The first-order valence-electron chi connectivity index (χ1n) is 13.3. The van der Waals surface area contributed by atoms with E-state index in [9.17, 15) is 0 Å². The van der Waals surface area contributed by atoms with Gasteiger partial charge in [-0.3, -0.25) is 0 Å². The SMILES string of the molecule is COc1ccc(C=Cc2ccc(N(c3ccc(C)cc3)c3ccc(C=Cc4cccc(OC)c4)cc3)cc2)cc1. The molecule has 40 heavy (non-hydrogen) atoms. The Labute approximate surface area is 237 Å². The van der Waals surface area contributed by atoms with E-state index >= 15 is 0 Å².